The minimum Gasteiger partial charge on any atom is -0.497 e. The number of nitrogens with zero attached hydrogens (tertiary/aromatic N) is 7. The molecule has 1 amide bonds. The highest BCUT2D eigenvalue weighted by Crippen LogP contribution is 2.43. The summed E-state index contributed by atoms with van der Waals surface area (Å²) in [7, 11) is 3.03. The van der Waals surface area contributed by atoms with Gasteiger partial charge in [-0.25, -0.2) is 14.2 Å². The van der Waals surface area contributed by atoms with Crippen molar-refractivity contribution in [3.8, 4) is 28.8 Å². The van der Waals surface area contributed by atoms with E-state index in [0.29, 0.717) is 24.3 Å². The molecule has 330 valence electrons. The molecule has 0 spiro atoms. The topological polar surface area (TPSA) is 115 Å². The molecule has 7 rings (SSSR count). The summed E-state index contributed by atoms with van der Waals surface area (Å²) in [5.41, 5.74) is -3.06. The van der Waals surface area contributed by atoms with Crippen LogP contribution in [0.4, 0.5) is 47.2 Å². The van der Waals surface area contributed by atoms with Crippen molar-refractivity contribution >= 4 is 28.6 Å². The summed E-state index contributed by atoms with van der Waals surface area (Å²) in [6, 6.07) is 13.6. The van der Waals surface area contributed by atoms with Crippen LogP contribution in [0.15, 0.2) is 60.8 Å². The number of anilines is 2. The maximum atomic E-state index is 17.2. The molecule has 2 aliphatic rings. The van der Waals surface area contributed by atoms with E-state index in [4.69, 9.17) is 18.9 Å². The van der Waals surface area contributed by atoms with E-state index in [-0.39, 0.29) is 43.2 Å². The first-order valence-electron chi connectivity index (χ1n) is 19.6. The summed E-state index contributed by atoms with van der Waals surface area (Å²) in [5.74, 6) is -0.174. The molecule has 0 radical (unpaired) electrons. The van der Waals surface area contributed by atoms with Gasteiger partial charge in [0.05, 0.1) is 42.9 Å². The molecule has 5 heterocycles. The summed E-state index contributed by atoms with van der Waals surface area (Å²) in [5, 5.41) is -0.0871. The molecule has 2 bridgehead atoms. The molecule has 3 aromatic heterocycles. The van der Waals surface area contributed by atoms with Gasteiger partial charge < -0.3 is 28.7 Å². The Balaban J connectivity index is 1.34. The van der Waals surface area contributed by atoms with E-state index in [1.807, 2.05) is 0 Å². The number of piperazine rings is 1. The third-order valence-corrected chi connectivity index (χ3v) is 10.5. The van der Waals surface area contributed by atoms with Crippen molar-refractivity contribution in [3.05, 3.63) is 89.0 Å². The van der Waals surface area contributed by atoms with Gasteiger partial charge >= 0.3 is 24.5 Å². The van der Waals surface area contributed by atoms with Gasteiger partial charge in [-0.2, -0.15) is 36.3 Å². The number of alkyl halides is 6. The number of amides is 1. The Bertz CT molecular complexity index is 2360. The summed E-state index contributed by atoms with van der Waals surface area (Å²) in [6.45, 7) is 5.12. The van der Waals surface area contributed by atoms with Crippen molar-refractivity contribution in [2.24, 2.45) is 0 Å². The molecule has 2 atom stereocenters. The Morgan fingerprint density at radius 3 is 1.90 bits per heavy atom. The molecule has 0 saturated carbocycles. The standard InChI is InChI=1S/C43H44F7N7O5/c1-24-34(43(48,49)50)31(17-33(52-24)55(19-25-7-13-29(59-5)14-8-25)20-26-9-15-30(60-6)16-10-26)36-35(44)37-32(18-51-36)38(54-39(53-37)61-23-42(45,46)47)56-21-27-11-12-28(22-56)57(27)40(58)62-41(2,3)4/h7-10,13-18,27-28H,11-12,19-23H2,1-6H3. The van der Waals surface area contributed by atoms with Gasteiger partial charge in [0.15, 0.2) is 12.4 Å². The smallest absolute Gasteiger partial charge is 0.422 e. The number of halogens is 7. The molecule has 2 aromatic carbocycles. The minimum absolute atomic E-state index is 0.0503. The summed E-state index contributed by atoms with van der Waals surface area (Å²) in [6.07, 6.45) is -8.14. The lowest BCUT2D eigenvalue weighted by molar-refractivity contribution is -0.154. The van der Waals surface area contributed by atoms with Crippen LogP contribution in [0, 0.1) is 12.7 Å². The van der Waals surface area contributed by atoms with Crippen LogP contribution in [0.1, 0.15) is 56.0 Å². The fourth-order valence-electron chi connectivity index (χ4n) is 7.83. The van der Waals surface area contributed by atoms with Gasteiger partial charge in [0.2, 0.25) is 0 Å². The molecule has 12 nitrogen and oxygen atoms in total. The molecule has 62 heavy (non-hydrogen) atoms. The average Bonchev–Trinajstić information content (AvgIpc) is 3.47. The number of benzene rings is 2. The molecular formula is C43H44F7N7O5. The van der Waals surface area contributed by atoms with E-state index in [1.165, 1.54) is 14.2 Å². The second kappa shape index (κ2) is 17.0. The molecule has 5 aromatic rings. The summed E-state index contributed by atoms with van der Waals surface area (Å²) < 4.78 is 124. The van der Waals surface area contributed by atoms with Crippen molar-refractivity contribution < 1.29 is 54.5 Å². The number of pyridine rings is 2. The van der Waals surface area contributed by atoms with Gasteiger partial charge in [0.1, 0.15) is 39.9 Å². The number of rotatable bonds is 11. The molecular weight excluding hydrogens is 828 g/mol. The third-order valence-electron chi connectivity index (χ3n) is 10.5. The fraction of sp³-hybridized carbons (Fsp3) is 0.419. The zero-order valence-electron chi connectivity index (χ0n) is 34.7. The Labute approximate surface area is 352 Å². The second-order valence-electron chi connectivity index (χ2n) is 16.1. The van der Waals surface area contributed by atoms with Crippen molar-refractivity contribution in [2.75, 3.05) is 43.7 Å². The van der Waals surface area contributed by atoms with Crippen LogP contribution in [0.2, 0.25) is 0 Å². The van der Waals surface area contributed by atoms with E-state index >= 15 is 17.6 Å². The molecule has 2 aliphatic heterocycles. The molecule has 2 fully saturated rings. The van der Waals surface area contributed by atoms with Crippen LogP contribution in [-0.2, 0) is 24.0 Å². The van der Waals surface area contributed by atoms with Crippen molar-refractivity contribution in [1.82, 2.24) is 24.8 Å². The Hall–Kier alpha value is -6.14. The van der Waals surface area contributed by atoms with E-state index < -0.39 is 82.6 Å². The lowest BCUT2D eigenvalue weighted by Gasteiger charge is -2.42. The molecule has 2 saturated heterocycles. The highest BCUT2D eigenvalue weighted by Gasteiger charge is 2.45. The maximum Gasteiger partial charge on any atom is 0.422 e. The van der Waals surface area contributed by atoms with Crippen LogP contribution in [-0.4, -0.2) is 88.7 Å². The normalized spacial score (nSPS) is 16.7. The first kappa shape index (κ1) is 43.9. The summed E-state index contributed by atoms with van der Waals surface area (Å²) in [4.78, 5) is 35.0. The van der Waals surface area contributed by atoms with Gasteiger partial charge in [-0.05, 0) is 82.0 Å². The number of carbonyl (C=O) groups is 1. The number of methoxy groups -OCH3 is 2. The molecule has 0 aliphatic carbocycles. The fourth-order valence-corrected chi connectivity index (χ4v) is 7.83. The highest BCUT2D eigenvalue weighted by molar-refractivity contribution is 5.92. The number of carbonyl (C=O) groups excluding carboxylic acids is 1. The van der Waals surface area contributed by atoms with Crippen molar-refractivity contribution in [2.45, 2.75) is 83.7 Å². The lowest BCUT2D eigenvalue weighted by Crippen LogP contribution is -2.57. The third kappa shape index (κ3) is 9.65. The number of hydrogen-bond donors (Lipinski definition) is 0. The van der Waals surface area contributed by atoms with Crippen molar-refractivity contribution in [3.63, 3.8) is 0 Å². The molecule has 19 heteroatoms. The average molecular weight is 872 g/mol. The van der Waals surface area contributed by atoms with Crippen LogP contribution in [0.3, 0.4) is 0 Å². The monoisotopic (exact) mass is 871 g/mol. The SMILES string of the molecule is COc1ccc(CN(Cc2ccc(OC)cc2)c2cc(-c3ncc4c(N5CC6CCC(C5)N6C(=O)OC(C)(C)C)nc(OCC(F)(F)F)nc4c3F)c(C(F)(F)F)c(C)n2)cc1. The van der Waals surface area contributed by atoms with Crippen LogP contribution < -0.4 is 24.0 Å². The molecule has 0 N–H and O–H groups in total. The van der Waals surface area contributed by atoms with E-state index in [1.54, 1.807) is 84.0 Å². The largest absolute Gasteiger partial charge is 0.497 e. The second-order valence-corrected chi connectivity index (χ2v) is 16.1. The number of fused-ring (bicyclic) bond motifs is 3. The van der Waals surface area contributed by atoms with Gasteiger partial charge in [0, 0.05) is 37.9 Å². The first-order chi connectivity index (χ1) is 29.2. The lowest BCUT2D eigenvalue weighted by atomic mass is 10.0. The Morgan fingerprint density at radius 1 is 0.839 bits per heavy atom. The van der Waals surface area contributed by atoms with Gasteiger partial charge in [-0.3, -0.25) is 9.88 Å². The van der Waals surface area contributed by atoms with Crippen LogP contribution >= 0.6 is 0 Å². The first-order valence-corrected chi connectivity index (χ1v) is 19.6. The van der Waals surface area contributed by atoms with E-state index in [0.717, 1.165) is 30.3 Å². The van der Waals surface area contributed by atoms with Gasteiger partial charge in [-0.15, -0.1) is 0 Å². The highest BCUT2D eigenvalue weighted by atomic mass is 19.4. The summed E-state index contributed by atoms with van der Waals surface area (Å²) >= 11 is 0. The Morgan fingerprint density at radius 2 is 1.40 bits per heavy atom. The zero-order chi connectivity index (χ0) is 44.7. The van der Waals surface area contributed by atoms with E-state index in [2.05, 4.69) is 19.9 Å². The van der Waals surface area contributed by atoms with Gasteiger partial charge in [0.25, 0.3) is 0 Å². The predicted octanol–water partition coefficient (Wildman–Crippen LogP) is 9.31. The minimum atomic E-state index is -5.05. The van der Waals surface area contributed by atoms with Crippen molar-refractivity contribution in [1.29, 1.82) is 0 Å². The van der Waals surface area contributed by atoms with Crippen LogP contribution in [0.25, 0.3) is 22.2 Å². The number of aromatic nitrogens is 4. The number of hydrogen-bond acceptors (Lipinski definition) is 11. The zero-order valence-corrected chi connectivity index (χ0v) is 34.7. The maximum absolute atomic E-state index is 17.2. The number of aryl methyl sites for hydroxylation is 1. The van der Waals surface area contributed by atoms with Crippen LogP contribution in [0.5, 0.6) is 17.5 Å². The van der Waals surface area contributed by atoms with E-state index in [9.17, 15) is 18.0 Å². The number of ether oxygens (including phenoxy) is 4. The Kier molecular flexibility index (Phi) is 12.0. The molecule has 2 unspecified atom stereocenters. The predicted molar refractivity (Wildman–Crippen MR) is 215 cm³/mol. The quantitative estimate of drug-likeness (QED) is 0.118. The van der Waals surface area contributed by atoms with Gasteiger partial charge in [-0.1, -0.05) is 24.3 Å².